The third-order valence-electron chi connectivity index (χ3n) is 6.60. The molecule has 1 aliphatic carbocycles. The average Bonchev–Trinajstić information content (AvgIpc) is 2.77. The van der Waals surface area contributed by atoms with Crippen molar-refractivity contribution < 1.29 is 31.1 Å². The molecule has 0 radical (unpaired) electrons. The number of urea groups is 1. The Morgan fingerprint density at radius 1 is 1.18 bits per heavy atom. The van der Waals surface area contributed by atoms with Crippen LogP contribution >= 0.6 is 0 Å². The van der Waals surface area contributed by atoms with Gasteiger partial charge in [0.05, 0.1) is 30.6 Å². The first-order valence-electron chi connectivity index (χ1n) is 11.8. The number of sulfonamides is 1. The number of carbonyl (C=O) groups excluding carboxylic acids is 1. The normalized spacial score (nSPS) is 26.3. The number of rotatable bonds is 7. The van der Waals surface area contributed by atoms with Gasteiger partial charge < -0.3 is 15.0 Å². The van der Waals surface area contributed by atoms with Gasteiger partial charge in [0.1, 0.15) is 0 Å². The van der Waals surface area contributed by atoms with Gasteiger partial charge in [-0.2, -0.15) is 13.2 Å². The average molecular weight is 506 g/mol. The molecule has 0 spiro atoms. The molecule has 0 aromatic heterocycles. The van der Waals surface area contributed by atoms with Crippen LogP contribution in [0.1, 0.15) is 62.5 Å². The Morgan fingerprint density at radius 3 is 2.50 bits per heavy atom. The van der Waals surface area contributed by atoms with Crippen molar-refractivity contribution in [1.29, 1.82) is 0 Å². The van der Waals surface area contributed by atoms with E-state index in [9.17, 15) is 26.4 Å². The molecule has 1 heterocycles. The molecule has 2 fully saturated rings. The maximum Gasteiger partial charge on any atom is 0.416 e. The number of nitrogens with one attached hydrogen (secondary N) is 2. The number of ether oxygens (including phenoxy) is 1. The topological polar surface area (TPSA) is 87.7 Å². The van der Waals surface area contributed by atoms with Gasteiger partial charge in [-0.1, -0.05) is 18.2 Å². The molecule has 1 saturated carbocycles. The summed E-state index contributed by atoms with van der Waals surface area (Å²) < 4.78 is 71.7. The Balaban J connectivity index is 1.61. The van der Waals surface area contributed by atoms with E-state index in [4.69, 9.17) is 4.74 Å². The number of amides is 2. The maximum atomic E-state index is 13.1. The minimum atomic E-state index is -4.36. The van der Waals surface area contributed by atoms with E-state index < -0.39 is 33.8 Å². The molecule has 1 aromatic carbocycles. The molecule has 0 bridgehead atoms. The predicted octanol–water partition coefficient (Wildman–Crippen LogP) is 3.86. The number of halogens is 3. The first-order chi connectivity index (χ1) is 16.0. The second kappa shape index (κ2) is 11.3. The summed E-state index contributed by atoms with van der Waals surface area (Å²) in [7, 11) is -3.46. The summed E-state index contributed by atoms with van der Waals surface area (Å²) in [4.78, 5) is 14.2. The number of hydrogen-bond donors (Lipinski definition) is 2. The van der Waals surface area contributed by atoms with Gasteiger partial charge in [0.25, 0.3) is 0 Å². The molecule has 3 rings (SSSR count). The van der Waals surface area contributed by atoms with Crippen molar-refractivity contribution in [3.63, 3.8) is 0 Å². The minimum Gasteiger partial charge on any atom is -0.376 e. The van der Waals surface area contributed by atoms with Crippen LogP contribution in [-0.4, -0.2) is 63.5 Å². The molecule has 34 heavy (non-hydrogen) atoms. The molecule has 192 valence electrons. The Labute approximate surface area is 199 Å². The second-order valence-corrected chi connectivity index (χ2v) is 10.9. The smallest absolute Gasteiger partial charge is 0.376 e. The summed E-state index contributed by atoms with van der Waals surface area (Å²) in [5.74, 6) is 0.0447. The summed E-state index contributed by atoms with van der Waals surface area (Å²) in [5, 5.41) is 2.78. The van der Waals surface area contributed by atoms with Crippen LogP contribution in [0.15, 0.2) is 24.3 Å². The van der Waals surface area contributed by atoms with E-state index in [-0.39, 0.29) is 24.7 Å². The molecular weight excluding hydrogens is 471 g/mol. The number of carbonyl (C=O) groups is 1. The zero-order chi connectivity index (χ0) is 24.9. The fourth-order valence-corrected chi connectivity index (χ4v) is 5.77. The molecular formula is C23H34F3N3O4S. The van der Waals surface area contributed by atoms with Crippen molar-refractivity contribution in [3.05, 3.63) is 35.4 Å². The predicted molar refractivity (Wildman–Crippen MR) is 123 cm³/mol. The van der Waals surface area contributed by atoms with Crippen molar-refractivity contribution in [2.75, 3.05) is 26.0 Å². The highest BCUT2D eigenvalue weighted by Gasteiger charge is 2.37. The highest BCUT2D eigenvalue weighted by Crippen LogP contribution is 2.37. The summed E-state index contributed by atoms with van der Waals surface area (Å²) in [6.45, 7) is 3.00. The van der Waals surface area contributed by atoms with Crippen molar-refractivity contribution in [3.8, 4) is 0 Å². The lowest BCUT2D eigenvalue weighted by Crippen LogP contribution is -2.60. The van der Waals surface area contributed by atoms with Crippen LogP contribution in [0.2, 0.25) is 0 Å². The quantitative estimate of drug-likeness (QED) is 0.589. The fourth-order valence-electron chi connectivity index (χ4n) is 4.95. The van der Waals surface area contributed by atoms with Crippen molar-refractivity contribution in [2.45, 2.75) is 75.7 Å². The number of piperidine rings is 1. The second-order valence-electron chi connectivity index (χ2n) is 9.17. The first kappa shape index (κ1) is 26.7. The molecule has 1 saturated heterocycles. The molecule has 1 aromatic rings. The van der Waals surface area contributed by atoms with Crippen LogP contribution in [0.3, 0.4) is 0 Å². The zero-order valence-electron chi connectivity index (χ0n) is 19.6. The largest absolute Gasteiger partial charge is 0.416 e. The van der Waals surface area contributed by atoms with Gasteiger partial charge in [0.15, 0.2) is 0 Å². The van der Waals surface area contributed by atoms with Crippen LogP contribution in [0.25, 0.3) is 0 Å². The van der Waals surface area contributed by atoms with Crippen molar-refractivity contribution in [2.24, 2.45) is 0 Å². The van der Waals surface area contributed by atoms with E-state index in [1.807, 2.05) is 6.92 Å². The van der Waals surface area contributed by atoms with Crippen molar-refractivity contribution >= 4 is 16.1 Å². The number of nitrogens with zero attached hydrogens (tertiary/aromatic N) is 1. The molecule has 2 aliphatic rings. The number of benzene rings is 1. The van der Waals surface area contributed by atoms with Gasteiger partial charge in [-0.15, -0.1) is 0 Å². The van der Waals surface area contributed by atoms with E-state index in [1.165, 1.54) is 12.1 Å². The van der Waals surface area contributed by atoms with Crippen LogP contribution in [-0.2, 0) is 20.9 Å². The van der Waals surface area contributed by atoms with Crippen LogP contribution < -0.4 is 10.0 Å². The standard InChI is InChI=1S/C23H34F3N3O4S/c1-3-27-22(30)29-13-5-8-20(28-34(2,31)32)21(29)15-33-19-11-9-16(10-12-19)17-6-4-7-18(14-17)23(24,25)26/h4,6-7,14,16,19-21,28H,3,5,8-13,15H2,1-2H3,(H,27,30)/t16?,19?,20-,21-/m0/s1. The Bertz CT molecular complexity index is 934. The lowest BCUT2D eigenvalue weighted by Gasteiger charge is -2.42. The summed E-state index contributed by atoms with van der Waals surface area (Å²) >= 11 is 0. The third kappa shape index (κ3) is 7.32. The lowest BCUT2D eigenvalue weighted by atomic mass is 9.82. The van der Waals surface area contributed by atoms with Gasteiger partial charge in [-0.25, -0.2) is 17.9 Å². The SMILES string of the molecule is CCNC(=O)N1CCC[C@H](NS(C)(=O)=O)[C@@H]1COC1CCC(c2cccc(C(F)(F)F)c2)CC1. The van der Waals surface area contributed by atoms with Crippen molar-refractivity contribution in [1.82, 2.24) is 14.9 Å². The van der Waals surface area contributed by atoms with Gasteiger partial charge in [0.2, 0.25) is 10.0 Å². The molecule has 0 unspecified atom stereocenters. The van der Waals surface area contributed by atoms with Gasteiger partial charge >= 0.3 is 12.2 Å². The number of likely N-dealkylation sites (tertiary alicyclic amines) is 1. The summed E-state index contributed by atoms with van der Waals surface area (Å²) in [5.41, 5.74) is 0.0657. The molecule has 7 nitrogen and oxygen atoms in total. The molecule has 1 aliphatic heterocycles. The number of alkyl halides is 3. The highest BCUT2D eigenvalue weighted by molar-refractivity contribution is 7.88. The maximum absolute atomic E-state index is 13.1. The summed E-state index contributed by atoms with van der Waals surface area (Å²) in [6.07, 6.45) is 0.760. The molecule has 2 atom stereocenters. The Morgan fingerprint density at radius 2 is 1.88 bits per heavy atom. The van der Waals surface area contributed by atoms with Gasteiger partial charge in [-0.05, 0) is 63.0 Å². The van der Waals surface area contributed by atoms with Gasteiger partial charge in [0, 0.05) is 19.1 Å². The summed E-state index contributed by atoms with van der Waals surface area (Å²) in [6, 6.07) is 4.40. The van der Waals surface area contributed by atoms with E-state index in [1.54, 1.807) is 11.0 Å². The molecule has 2 N–H and O–H groups in total. The van der Waals surface area contributed by atoms with E-state index in [0.717, 1.165) is 12.3 Å². The van der Waals surface area contributed by atoms with E-state index >= 15 is 0 Å². The fraction of sp³-hybridized carbons (Fsp3) is 0.696. The highest BCUT2D eigenvalue weighted by atomic mass is 32.2. The van der Waals surface area contributed by atoms with Crippen LogP contribution in [0.4, 0.5) is 18.0 Å². The number of hydrogen-bond acceptors (Lipinski definition) is 4. The molecule has 2 amide bonds. The van der Waals surface area contributed by atoms with Gasteiger partial charge in [-0.3, -0.25) is 0 Å². The van der Waals surface area contributed by atoms with Crippen LogP contribution in [0, 0.1) is 0 Å². The molecule has 11 heteroatoms. The van der Waals surface area contributed by atoms with Crippen LogP contribution in [0.5, 0.6) is 0 Å². The first-order valence-corrected chi connectivity index (χ1v) is 13.7. The Kier molecular flexibility index (Phi) is 8.86. The lowest BCUT2D eigenvalue weighted by molar-refractivity contribution is -0.137. The monoisotopic (exact) mass is 505 g/mol. The minimum absolute atomic E-state index is 0.0447. The Hall–Kier alpha value is -1.85. The van der Waals surface area contributed by atoms with E-state index in [2.05, 4.69) is 10.0 Å². The third-order valence-corrected chi connectivity index (χ3v) is 7.33. The van der Waals surface area contributed by atoms with E-state index in [0.29, 0.717) is 57.2 Å². The zero-order valence-corrected chi connectivity index (χ0v) is 20.4.